The van der Waals surface area contributed by atoms with Crippen molar-refractivity contribution in [3.05, 3.63) is 69.1 Å². The summed E-state index contributed by atoms with van der Waals surface area (Å²) in [6.07, 6.45) is 1.76. The lowest BCUT2D eigenvalue weighted by atomic mass is 10.0. The van der Waals surface area contributed by atoms with Crippen LogP contribution in [0.2, 0.25) is 0 Å². The summed E-state index contributed by atoms with van der Waals surface area (Å²) < 4.78 is 1.79. The van der Waals surface area contributed by atoms with Crippen LogP contribution in [0.4, 0.5) is 0 Å². The van der Waals surface area contributed by atoms with Crippen LogP contribution in [0.1, 0.15) is 0 Å². The van der Waals surface area contributed by atoms with Crippen LogP contribution in [0.5, 0.6) is 0 Å². The van der Waals surface area contributed by atoms with Gasteiger partial charge in [-0.25, -0.2) is 10.2 Å². The zero-order valence-corrected chi connectivity index (χ0v) is 21.0. The first-order valence-electron chi connectivity index (χ1n) is 11.0. The number of β-lactam (4-membered cyclic amide) rings is 1. The number of amidine groups is 1. The first-order chi connectivity index (χ1) is 17.8. The smallest absolute Gasteiger partial charge is 0.352 e. The molecule has 1 aliphatic carbocycles. The van der Waals surface area contributed by atoms with E-state index in [0.717, 1.165) is 17.3 Å². The van der Waals surface area contributed by atoms with Gasteiger partial charge >= 0.3 is 5.97 Å². The Kier molecular flexibility index (Phi) is 6.62. The molecule has 0 spiro atoms. The van der Waals surface area contributed by atoms with Gasteiger partial charge in [-0.3, -0.25) is 24.6 Å². The van der Waals surface area contributed by atoms with E-state index in [-0.39, 0.29) is 28.5 Å². The molecule has 14 heteroatoms. The number of pyridine rings is 1. The van der Waals surface area contributed by atoms with Gasteiger partial charge in [-0.15, -0.1) is 11.8 Å². The molecular weight excluding hydrogens is 520 g/mol. The normalized spacial score (nSPS) is 21.5. The molecule has 4 heterocycles. The van der Waals surface area contributed by atoms with Crippen molar-refractivity contribution in [3.8, 4) is 11.3 Å². The van der Waals surface area contributed by atoms with E-state index in [4.69, 9.17) is 10.2 Å². The lowest BCUT2D eigenvalue weighted by Crippen LogP contribution is -2.84. The van der Waals surface area contributed by atoms with Gasteiger partial charge in [-0.05, 0) is 41.1 Å². The highest BCUT2D eigenvalue weighted by molar-refractivity contribution is 8.16. The molecular formula is C23H21N6O6S2+. The molecule has 37 heavy (non-hydrogen) atoms. The van der Waals surface area contributed by atoms with E-state index >= 15 is 0 Å². The van der Waals surface area contributed by atoms with Gasteiger partial charge in [0.15, 0.2) is 11.1 Å². The van der Waals surface area contributed by atoms with Crippen molar-refractivity contribution < 1.29 is 29.6 Å². The maximum atomic E-state index is 13.1. The average molecular weight is 542 g/mol. The third-order valence-corrected chi connectivity index (χ3v) is 8.10. The molecule has 0 aromatic heterocycles. The quantitative estimate of drug-likeness (QED) is 0.212. The van der Waals surface area contributed by atoms with Crippen molar-refractivity contribution in [2.24, 2.45) is 5.16 Å². The molecule has 0 radical (unpaired) electrons. The number of quaternary nitrogens is 1. The lowest BCUT2D eigenvalue weighted by molar-refractivity contribution is -0.467. The molecule has 0 saturated carbocycles. The van der Waals surface area contributed by atoms with Gasteiger partial charge in [0.1, 0.15) is 24.2 Å². The highest BCUT2D eigenvalue weighted by Gasteiger charge is 2.54. The minimum Gasteiger partial charge on any atom is -0.477 e. The van der Waals surface area contributed by atoms with E-state index in [1.807, 2.05) is 12.1 Å². The molecule has 4 aliphatic heterocycles. The van der Waals surface area contributed by atoms with Crippen LogP contribution < -0.4 is 16.1 Å². The number of fused-ring (bicyclic) bond motifs is 2. The number of aliphatic carboxylic acids is 1. The summed E-state index contributed by atoms with van der Waals surface area (Å²) in [5.74, 6) is -2.14. The Balaban J connectivity index is 1.38. The molecule has 2 atom stereocenters. The third-order valence-electron chi connectivity index (χ3n) is 6.02. The predicted octanol–water partition coefficient (Wildman–Crippen LogP) is -0.220. The van der Waals surface area contributed by atoms with Gasteiger partial charge in [0.2, 0.25) is 5.71 Å². The summed E-state index contributed by atoms with van der Waals surface area (Å²) >= 11 is 2.46. The minimum absolute atomic E-state index is 0.0795. The number of rotatable bonds is 7. The highest BCUT2D eigenvalue weighted by atomic mass is 32.2. The van der Waals surface area contributed by atoms with Crippen LogP contribution in [0.3, 0.4) is 0 Å². The molecule has 0 unspecified atom stereocenters. The average Bonchev–Trinajstić information content (AvgIpc) is 3.31. The van der Waals surface area contributed by atoms with E-state index < -0.39 is 29.2 Å². The molecule has 5 N–H and O–H groups in total. The molecule has 0 bridgehead atoms. The number of carboxylic acids is 1. The summed E-state index contributed by atoms with van der Waals surface area (Å²) in [6, 6.07) is 7.39. The van der Waals surface area contributed by atoms with Crippen molar-refractivity contribution in [3.63, 3.8) is 0 Å². The fraction of sp³-hybridized carbons (Fsp3) is 0.217. The molecule has 5 aliphatic rings. The van der Waals surface area contributed by atoms with Gasteiger partial charge in [-0.1, -0.05) is 11.2 Å². The summed E-state index contributed by atoms with van der Waals surface area (Å²) in [4.78, 5) is 56.1. The number of aromatic nitrogens is 1. The van der Waals surface area contributed by atoms with Crippen LogP contribution in [-0.2, 0) is 25.8 Å². The molecule has 190 valence electrons. The summed E-state index contributed by atoms with van der Waals surface area (Å²) in [7, 11) is 1.28. The van der Waals surface area contributed by atoms with E-state index in [1.165, 1.54) is 41.2 Å². The minimum atomic E-state index is -1.24. The van der Waals surface area contributed by atoms with Gasteiger partial charge < -0.3 is 19.8 Å². The number of nitrogens with one attached hydrogen (secondary N) is 2. The molecule has 5 rings (SSSR count). The molecule has 2 amide bonds. The van der Waals surface area contributed by atoms with E-state index in [9.17, 15) is 24.3 Å². The maximum absolute atomic E-state index is 13.1. The first-order valence-corrected chi connectivity index (χ1v) is 12.9. The van der Waals surface area contributed by atoms with Gasteiger partial charge in [0.05, 0.1) is 5.69 Å². The Bertz CT molecular complexity index is 1460. The second kappa shape index (κ2) is 9.88. The number of oxime groups is 1. The van der Waals surface area contributed by atoms with Crippen molar-refractivity contribution >= 4 is 52.2 Å². The van der Waals surface area contributed by atoms with Crippen molar-refractivity contribution in [2.45, 2.75) is 18.0 Å². The van der Waals surface area contributed by atoms with Crippen LogP contribution in [0.25, 0.3) is 11.3 Å². The molecule has 1 fully saturated rings. The van der Waals surface area contributed by atoms with Crippen LogP contribution in [-0.4, -0.2) is 67.5 Å². The van der Waals surface area contributed by atoms with E-state index in [1.54, 1.807) is 22.2 Å². The molecule has 12 nitrogen and oxygen atoms in total. The summed E-state index contributed by atoms with van der Waals surface area (Å²) in [5, 5.41) is 26.8. The first kappa shape index (κ1) is 24.8. The van der Waals surface area contributed by atoms with E-state index in [0.29, 0.717) is 22.7 Å². The van der Waals surface area contributed by atoms with Gasteiger partial charge in [0, 0.05) is 30.0 Å². The number of carbonyl (C=O) groups is 3. The second-order valence-corrected chi connectivity index (χ2v) is 10.3. The van der Waals surface area contributed by atoms with Gasteiger partial charge in [0.25, 0.3) is 17.0 Å². The number of nitrogens with two attached hydrogens (primary N) is 1. The van der Waals surface area contributed by atoms with Crippen LogP contribution in [0.15, 0.2) is 68.9 Å². The fourth-order valence-corrected chi connectivity index (χ4v) is 6.34. The number of thioether (sulfide) groups is 2. The number of carbonyl (C=O) groups excluding carboxylic acids is 2. The number of hydrogen-bond donors (Lipinski definition) is 4. The Morgan fingerprint density at radius 1 is 1.32 bits per heavy atom. The SMILES string of the molecule is CO/N=C(\C(=O)N[C@@H]1C(=O)N2C(C(=O)O)=C(Cn3cccc4ccc(=O)cc3-4)CS[C@H]12)C1=CSC(=N)[NH2+]1. The predicted molar refractivity (Wildman–Crippen MR) is 137 cm³/mol. The second-order valence-electron chi connectivity index (χ2n) is 8.30. The zero-order valence-electron chi connectivity index (χ0n) is 19.3. The Morgan fingerprint density at radius 2 is 2.14 bits per heavy atom. The lowest BCUT2D eigenvalue weighted by Gasteiger charge is -2.49. The third kappa shape index (κ3) is 4.54. The molecule has 0 aromatic carbocycles. The largest absolute Gasteiger partial charge is 0.477 e. The van der Waals surface area contributed by atoms with Gasteiger partial charge in [-0.2, -0.15) is 0 Å². The molecule has 0 aromatic rings. The zero-order chi connectivity index (χ0) is 26.3. The van der Waals surface area contributed by atoms with Crippen LogP contribution in [0, 0.1) is 5.41 Å². The van der Waals surface area contributed by atoms with Crippen molar-refractivity contribution in [1.82, 2.24) is 14.8 Å². The standard InChI is InChI=1S/C23H20N6O6S2/c1-35-27-16(14-10-37-23(24)25-14)19(31)26-17-20(32)29-18(22(33)34)12(9-36-21(17)29)8-28-6-2-3-11-4-5-13(30)7-15(11)28/h2-7,10,17,21H,8-9H2,1H3,(H2,24,25)(H,26,31)(H,33,34)/p+1/b27-16-/t17-,21-/m1/s1. The van der Waals surface area contributed by atoms with E-state index in [2.05, 4.69) is 10.5 Å². The summed E-state index contributed by atoms with van der Waals surface area (Å²) in [6.45, 7) is 0.182. The number of hydrogen-bond acceptors (Lipinski definition) is 9. The monoisotopic (exact) mass is 541 g/mol. The topological polar surface area (TPSA) is 171 Å². The summed E-state index contributed by atoms with van der Waals surface area (Å²) in [5.41, 5.74) is 2.04. The molecule has 1 saturated heterocycles. The highest BCUT2D eigenvalue weighted by Crippen LogP contribution is 2.41. The number of benzene rings is 1. The van der Waals surface area contributed by atoms with Crippen molar-refractivity contribution in [1.29, 1.82) is 5.41 Å². The fourth-order valence-electron chi connectivity index (χ4n) is 4.38. The number of amides is 2. The Hall–Kier alpha value is -3.88. The van der Waals surface area contributed by atoms with Crippen molar-refractivity contribution in [2.75, 3.05) is 12.9 Å². The number of carboxylic acid groups (broad SMARTS) is 1. The number of nitrogens with zero attached hydrogens (tertiary/aromatic N) is 3. The Labute approximate surface area is 218 Å². The van der Waals surface area contributed by atoms with Crippen LogP contribution >= 0.6 is 23.5 Å². The Morgan fingerprint density at radius 3 is 2.84 bits per heavy atom. The maximum Gasteiger partial charge on any atom is 0.352 e.